The number of hydrogen-bond acceptors (Lipinski definition) is 4. The van der Waals surface area contributed by atoms with Crippen molar-refractivity contribution in [2.24, 2.45) is 10.9 Å². The van der Waals surface area contributed by atoms with Gasteiger partial charge in [0, 0.05) is 38.0 Å². The number of nitrogens with zero attached hydrogens (tertiary/aromatic N) is 2. The van der Waals surface area contributed by atoms with Gasteiger partial charge in [0.25, 0.3) is 0 Å². The Bertz CT molecular complexity index is 522. The molecule has 1 aliphatic carbocycles. The Labute approximate surface area is 174 Å². The fraction of sp³-hybridized carbons (Fsp3) is 0.938. The zero-order valence-corrected chi connectivity index (χ0v) is 19.5. The van der Waals surface area contributed by atoms with Crippen molar-refractivity contribution in [2.75, 3.05) is 39.2 Å². The minimum atomic E-state index is -3.04. The van der Waals surface area contributed by atoms with Crippen LogP contribution in [0.25, 0.3) is 0 Å². The molecule has 0 spiro atoms. The van der Waals surface area contributed by atoms with Crippen molar-refractivity contribution < 1.29 is 8.42 Å². The molecule has 0 aromatic heterocycles. The number of aliphatic imine (C=N–C) groups is 1. The van der Waals surface area contributed by atoms with E-state index in [4.69, 9.17) is 0 Å². The maximum Gasteiger partial charge on any atom is 0.211 e. The quantitative estimate of drug-likeness (QED) is 0.341. The standard InChI is InChI=1S/C16H32N4O2S2.HI/c1-17-16(19-14-5-4-6-15(11-14)23-2)18-12-13-7-9-20(10-8-13)24(3,21)22;/h13-15H,4-12H2,1-3H3,(H2,17,18,19);1H. The highest BCUT2D eigenvalue weighted by Gasteiger charge is 2.25. The molecule has 2 fully saturated rings. The summed E-state index contributed by atoms with van der Waals surface area (Å²) in [5, 5.41) is 7.76. The fourth-order valence-electron chi connectivity index (χ4n) is 3.56. The van der Waals surface area contributed by atoms with E-state index < -0.39 is 10.0 Å². The van der Waals surface area contributed by atoms with Gasteiger partial charge in [-0.15, -0.1) is 24.0 Å². The lowest BCUT2D eigenvalue weighted by Crippen LogP contribution is -2.48. The Morgan fingerprint density at radius 1 is 1.24 bits per heavy atom. The summed E-state index contributed by atoms with van der Waals surface area (Å²) in [5.41, 5.74) is 0. The third-order valence-electron chi connectivity index (χ3n) is 5.12. The van der Waals surface area contributed by atoms with Crippen LogP contribution in [-0.4, -0.2) is 69.2 Å². The second kappa shape index (κ2) is 11.2. The van der Waals surface area contributed by atoms with Crippen LogP contribution in [0.2, 0.25) is 0 Å². The zero-order valence-electron chi connectivity index (χ0n) is 15.5. The molecular weight excluding hydrogens is 471 g/mol. The molecule has 2 aliphatic rings. The van der Waals surface area contributed by atoms with Gasteiger partial charge in [-0.2, -0.15) is 11.8 Å². The van der Waals surface area contributed by atoms with Gasteiger partial charge < -0.3 is 10.6 Å². The van der Waals surface area contributed by atoms with Crippen LogP contribution in [0.4, 0.5) is 0 Å². The molecule has 2 unspecified atom stereocenters. The predicted molar refractivity (Wildman–Crippen MR) is 119 cm³/mol. The molecule has 1 saturated heterocycles. The first-order chi connectivity index (χ1) is 11.4. The lowest BCUT2D eigenvalue weighted by molar-refractivity contribution is 0.274. The number of sulfonamides is 1. The van der Waals surface area contributed by atoms with Crippen molar-refractivity contribution in [3.63, 3.8) is 0 Å². The van der Waals surface area contributed by atoms with Gasteiger partial charge in [-0.1, -0.05) is 6.42 Å². The van der Waals surface area contributed by atoms with E-state index in [0.29, 0.717) is 25.0 Å². The van der Waals surface area contributed by atoms with E-state index in [-0.39, 0.29) is 24.0 Å². The van der Waals surface area contributed by atoms with Gasteiger partial charge in [0.05, 0.1) is 6.26 Å². The van der Waals surface area contributed by atoms with Crippen molar-refractivity contribution >= 4 is 51.7 Å². The summed E-state index contributed by atoms with van der Waals surface area (Å²) < 4.78 is 24.7. The highest BCUT2D eigenvalue weighted by molar-refractivity contribution is 14.0. The van der Waals surface area contributed by atoms with E-state index >= 15 is 0 Å². The Kier molecular flexibility index (Phi) is 10.4. The van der Waals surface area contributed by atoms with Gasteiger partial charge >= 0.3 is 0 Å². The minimum Gasteiger partial charge on any atom is -0.356 e. The first-order valence-corrected chi connectivity index (χ1v) is 12.0. The second-order valence-electron chi connectivity index (χ2n) is 6.92. The van der Waals surface area contributed by atoms with Crippen LogP contribution in [0.3, 0.4) is 0 Å². The predicted octanol–water partition coefficient (Wildman–Crippen LogP) is 2.12. The van der Waals surface area contributed by atoms with E-state index in [2.05, 4.69) is 21.9 Å². The summed E-state index contributed by atoms with van der Waals surface area (Å²) in [6.07, 6.45) is 10.3. The third-order valence-corrected chi connectivity index (χ3v) is 7.52. The summed E-state index contributed by atoms with van der Waals surface area (Å²) in [7, 11) is -1.22. The number of piperidine rings is 1. The average Bonchev–Trinajstić information content (AvgIpc) is 2.58. The number of halogens is 1. The van der Waals surface area contributed by atoms with Gasteiger partial charge in [0.15, 0.2) is 5.96 Å². The van der Waals surface area contributed by atoms with Crippen LogP contribution in [-0.2, 0) is 10.0 Å². The summed E-state index contributed by atoms with van der Waals surface area (Å²) in [6.45, 7) is 2.13. The van der Waals surface area contributed by atoms with Crippen LogP contribution >= 0.6 is 35.7 Å². The minimum absolute atomic E-state index is 0. The average molecular weight is 505 g/mol. The monoisotopic (exact) mass is 504 g/mol. The van der Waals surface area contributed by atoms with Crippen molar-refractivity contribution in [2.45, 2.75) is 49.8 Å². The van der Waals surface area contributed by atoms with E-state index in [9.17, 15) is 8.42 Å². The first kappa shape index (κ1) is 23.3. The highest BCUT2D eigenvalue weighted by Crippen LogP contribution is 2.26. The topological polar surface area (TPSA) is 73.8 Å². The van der Waals surface area contributed by atoms with E-state index in [0.717, 1.165) is 30.6 Å². The second-order valence-corrected chi connectivity index (χ2v) is 10.0. The van der Waals surface area contributed by atoms with Crippen molar-refractivity contribution in [3.05, 3.63) is 0 Å². The van der Waals surface area contributed by atoms with Gasteiger partial charge in [-0.25, -0.2) is 12.7 Å². The van der Waals surface area contributed by atoms with Gasteiger partial charge in [-0.3, -0.25) is 4.99 Å². The molecule has 0 aromatic rings. The maximum absolute atomic E-state index is 11.6. The molecule has 9 heteroatoms. The number of thioether (sulfide) groups is 1. The molecule has 2 N–H and O–H groups in total. The van der Waals surface area contributed by atoms with Crippen LogP contribution < -0.4 is 10.6 Å². The SMILES string of the molecule is CN=C(NCC1CCN(S(C)(=O)=O)CC1)NC1CCCC(SC)C1.I. The lowest BCUT2D eigenvalue weighted by Gasteiger charge is -2.32. The van der Waals surface area contributed by atoms with Crippen molar-refractivity contribution in [1.82, 2.24) is 14.9 Å². The molecule has 6 nitrogen and oxygen atoms in total. The molecule has 1 saturated carbocycles. The normalized spacial score (nSPS) is 26.8. The summed E-state index contributed by atoms with van der Waals surface area (Å²) in [5.74, 6) is 1.39. The molecule has 0 aromatic carbocycles. The summed E-state index contributed by atoms with van der Waals surface area (Å²) in [6, 6.07) is 0.509. The zero-order chi connectivity index (χ0) is 17.6. The van der Waals surface area contributed by atoms with Crippen LogP contribution in [0.1, 0.15) is 38.5 Å². The molecular formula is C16H33IN4O2S2. The Morgan fingerprint density at radius 2 is 1.92 bits per heavy atom. The maximum atomic E-state index is 11.6. The fourth-order valence-corrected chi connectivity index (χ4v) is 5.27. The number of guanidine groups is 1. The number of nitrogens with one attached hydrogen (secondary N) is 2. The van der Waals surface area contributed by atoms with Crippen LogP contribution in [0.5, 0.6) is 0 Å². The summed E-state index contributed by atoms with van der Waals surface area (Å²) >= 11 is 1.97. The molecule has 1 heterocycles. The molecule has 2 atom stereocenters. The molecule has 0 radical (unpaired) electrons. The van der Waals surface area contributed by atoms with E-state index in [1.54, 1.807) is 4.31 Å². The first-order valence-electron chi connectivity index (χ1n) is 8.87. The van der Waals surface area contributed by atoms with E-state index in [1.807, 2.05) is 18.8 Å². The van der Waals surface area contributed by atoms with Crippen molar-refractivity contribution in [1.29, 1.82) is 0 Å². The van der Waals surface area contributed by atoms with Gasteiger partial charge in [0.1, 0.15) is 0 Å². The van der Waals surface area contributed by atoms with Gasteiger partial charge in [-0.05, 0) is 44.3 Å². The van der Waals surface area contributed by atoms with Crippen molar-refractivity contribution in [3.8, 4) is 0 Å². The van der Waals surface area contributed by atoms with E-state index in [1.165, 1.54) is 31.9 Å². The Hall–Kier alpha value is 0.260. The molecule has 1 aliphatic heterocycles. The van der Waals surface area contributed by atoms with Crippen LogP contribution in [0, 0.1) is 5.92 Å². The molecule has 2 rings (SSSR count). The number of hydrogen-bond donors (Lipinski definition) is 2. The Balaban J connectivity index is 0.00000312. The highest BCUT2D eigenvalue weighted by atomic mass is 127. The molecule has 0 amide bonds. The third kappa shape index (κ3) is 7.80. The lowest BCUT2D eigenvalue weighted by atomic mass is 9.95. The molecule has 25 heavy (non-hydrogen) atoms. The summed E-state index contributed by atoms with van der Waals surface area (Å²) in [4.78, 5) is 4.35. The van der Waals surface area contributed by atoms with Gasteiger partial charge in [0.2, 0.25) is 10.0 Å². The smallest absolute Gasteiger partial charge is 0.211 e. The number of rotatable bonds is 5. The van der Waals surface area contributed by atoms with Crippen LogP contribution in [0.15, 0.2) is 4.99 Å². The molecule has 148 valence electrons. The molecule has 0 bridgehead atoms. The largest absolute Gasteiger partial charge is 0.356 e. The Morgan fingerprint density at radius 3 is 2.48 bits per heavy atom.